The van der Waals surface area contributed by atoms with Gasteiger partial charge in [-0.15, -0.1) is 0 Å². The van der Waals surface area contributed by atoms with E-state index < -0.39 is 0 Å². The fraction of sp³-hybridized carbons (Fsp3) is 0.238. The number of aromatic nitrogens is 2. The molecule has 1 N–H and O–H groups in total. The molecule has 0 saturated heterocycles. The Balaban J connectivity index is 1.72. The van der Waals surface area contributed by atoms with Gasteiger partial charge in [-0.05, 0) is 37.6 Å². The second-order valence-corrected chi connectivity index (χ2v) is 7.22. The van der Waals surface area contributed by atoms with Gasteiger partial charge in [0, 0.05) is 24.1 Å². The van der Waals surface area contributed by atoms with E-state index in [9.17, 15) is 4.79 Å². The van der Waals surface area contributed by atoms with Crippen molar-refractivity contribution in [2.24, 2.45) is 0 Å². The van der Waals surface area contributed by atoms with Crippen molar-refractivity contribution >= 4 is 23.4 Å². The number of anilines is 1. The summed E-state index contributed by atoms with van der Waals surface area (Å²) in [4.78, 5) is 16.8. The van der Waals surface area contributed by atoms with Gasteiger partial charge in [0.25, 0.3) is 0 Å². The molecular formula is C21H23N3O3S. The highest BCUT2D eigenvalue weighted by Gasteiger charge is 2.14. The van der Waals surface area contributed by atoms with Crippen LogP contribution in [0.15, 0.2) is 53.9 Å². The van der Waals surface area contributed by atoms with Crippen molar-refractivity contribution in [2.75, 3.05) is 25.3 Å². The third-order valence-corrected chi connectivity index (χ3v) is 5.21. The van der Waals surface area contributed by atoms with Gasteiger partial charge in [0.2, 0.25) is 5.91 Å². The van der Waals surface area contributed by atoms with Crippen LogP contribution in [-0.2, 0) is 4.79 Å². The molecule has 1 amide bonds. The summed E-state index contributed by atoms with van der Waals surface area (Å²) in [5.74, 6) is 1.55. The number of hydrogen-bond donors (Lipinski definition) is 1. The lowest BCUT2D eigenvalue weighted by molar-refractivity contribution is -0.113. The molecular weight excluding hydrogens is 374 g/mol. The number of benzene rings is 2. The molecule has 146 valence electrons. The van der Waals surface area contributed by atoms with Crippen LogP contribution < -0.4 is 14.8 Å². The van der Waals surface area contributed by atoms with Crippen LogP contribution in [0.25, 0.3) is 5.69 Å². The number of nitrogens with one attached hydrogen (secondary N) is 1. The van der Waals surface area contributed by atoms with Crippen LogP contribution in [0.5, 0.6) is 11.5 Å². The number of amides is 1. The standard InChI is InChI=1S/C21H23N3O3S/c1-14-5-7-17(15(2)11-14)23-20(25)13-28-21-22-9-10-24(21)18-8-6-16(26-3)12-19(18)27-4/h5-12H,13H2,1-4H3,(H,23,25). The van der Waals surface area contributed by atoms with Crippen LogP contribution in [0.1, 0.15) is 11.1 Å². The van der Waals surface area contributed by atoms with E-state index in [1.165, 1.54) is 17.3 Å². The van der Waals surface area contributed by atoms with Crippen LogP contribution in [0.2, 0.25) is 0 Å². The molecule has 0 bridgehead atoms. The minimum atomic E-state index is -0.0757. The number of carbonyl (C=O) groups excluding carboxylic acids is 1. The Kier molecular flexibility index (Phi) is 6.26. The zero-order chi connectivity index (χ0) is 20.1. The molecule has 3 aromatic rings. The van der Waals surface area contributed by atoms with Crippen molar-refractivity contribution in [3.63, 3.8) is 0 Å². The normalized spacial score (nSPS) is 10.6. The number of nitrogens with zero attached hydrogens (tertiary/aromatic N) is 2. The minimum absolute atomic E-state index is 0.0757. The molecule has 0 atom stereocenters. The molecule has 0 fully saturated rings. The molecule has 3 rings (SSSR count). The lowest BCUT2D eigenvalue weighted by Gasteiger charge is -2.13. The maximum Gasteiger partial charge on any atom is 0.234 e. The summed E-state index contributed by atoms with van der Waals surface area (Å²) in [6.07, 6.45) is 3.54. The Morgan fingerprint density at radius 1 is 1.14 bits per heavy atom. The molecule has 0 aliphatic heterocycles. The van der Waals surface area contributed by atoms with E-state index in [2.05, 4.69) is 10.3 Å². The zero-order valence-corrected chi connectivity index (χ0v) is 17.2. The SMILES string of the molecule is COc1ccc(-n2ccnc2SCC(=O)Nc2ccc(C)cc2C)c(OC)c1. The number of rotatable bonds is 7. The number of methoxy groups -OCH3 is 2. The van der Waals surface area contributed by atoms with Gasteiger partial charge >= 0.3 is 0 Å². The maximum absolute atomic E-state index is 12.4. The molecule has 2 aromatic carbocycles. The van der Waals surface area contributed by atoms with Gasteiger partial charge in [-0.3, -0.25) is 9.36 Å². The summed E-state index contributed by atoms with van der Waals surface area (Å²) in [6.45, 7) is 4.01. The second-order valence-electron chi connectivity index (χ2n) is 6.27. The first kappa shape index (κ1) is 19.8. The topological polar surface area (TPSA) is 65.4 Å². The molecule has 0 unspecified atom stereocenters. The van der Waals surface area contributed by atoms with Crippen LogP contribution >= 0.6 is 11.8 Å². The third kappa shape index (κ3) is 4.48. The first-order chi connectivity index (χ1) is 13.5. The number of carbonyl (C=O) groups is 1. The summed E-state index contributed by atoms with van der Waals surface area (Å²) in [7, 11) is 3.22. The van der Waals surface area contributed by atoms with Crippen LogP contribution in [-0.4, -0.2) is 35.4 Å². The summed E-state index contributed by atoms with van der Waals surface area (Å²) >= 11 is 1.37. The zero-order valence-electron chi connectivity index (χ0n) is 16.4. The molecule has 0 aliphatic rings. The van der Waals surface area contributed by atoms with E-state index in [0.29, 0.717) is 16.7 Å². The van der Waals surface area contributed by atoms with Gasteiger partial charge in [0.1, 0.15) is 11.5 Å². The quantitative estimate of drug-likeness (QED) is 0.604. The Morgan fingerprint density at radius 3 is 2.68 bits per heavy atom. The van der Waals surface area contributed by atoms with Crippen molar-refractivity contribution in [3.8, 4) is 17.2 Å². The first-order valence-corrected chi connectivity index (χ1v) is 9.76. The summed E-state index contributed by atoms with van der Waals surface area (Å²) < 4.78 is 12.6. The first-order valence-electron chi connectivity index (χ1n) is 8.77. The molecule has 6 nitrogen and oxygen atoms in total. The van der Waals surface area contributed by atoms with Gasteiger partial charge in [0.05, 0.1) is 25.7 Å². The molecule has 1 aromatic heterocycles. The molecule has 0 spiro atoms. The summed E-state index contributed by atoms with van der Waals surface area (Å²) in [5, 5.41) is 3.67. The van der Waals surface area contributed by atoms with E-state index >= 15 is 0 Å². The third-order valence-electron chi connectivity index (χ3n) is 4.24. The Morgan fingerprint density at radius 2 is 1.96 bits per heavy atom. The number of thioether (sulfide) groups is 1. The van der Waals surface area contributed by atoms with Gasteiger partial charge < -0.3 is 14.8 Å². The lowest BCUT2D eigenvalue weighted by Crippen LogP contribution is -2.15. The largest absolute Gasteiger partial charge is 0.497 e. The highest BCUT2D eigenvalue weighted by molar-refractivity contribution is 7.99. The van der Waals surface area contributed by atoms with Crippen LogP contribution in [0, 0.1) is 13.8 Å². The Bertz CT molecular complexity index is 985. The predicted molar refractivity (Wildman–Crippen MR) is 112 cm³/mol. The molecule has 0 aliphatic carbocycles. The van der Waals surface area contributed by atoms with E-state index in [1.54, 1.807) is 20.4 Å². The lowest BCUT2D eigenvalue weighted by atomic mass is 10.1. The van der Waals surface area contributed by atoms with E-state index in [-0.39, 0.29) is 11.7 Å². The van der Waals surface area contributed by atoms with Crippen molar-refractivity contribution < 1.29 is 14.3 Å². The number of aryl methyl sites for hydroxylation is 2. The van der Waals surface area contributed by atoms with Gasteiger partial charge in [-0.1, -0.05) is 29.5 Å². The van der Waals surface area contributed by atoms with Crippen LogP contribution in [0.3, 0.4) is 0 Å². The highest BCUT2D eigenvalue weighted by atomic mass is 32.2. The Labute approximate surface area is 168 Å². The average Bonchev–Trinajstić information content (AvgIpc) is 3.16. The molecule has 28 heavy (non-hydrogen) atoms. The molecule has 7 heteroatoms. The van der Waals surface area contributed by atoms with E-state index in [0.717, 1.165) is 16.9 Å². The van der Waals surface area contributed by atoms with Gasteiger partial charge in [-0.2, -0.15) is 0 Å². The predicted octanol–water partition coefficient (Wildman–Crippen LogP) is 4.24. The smallest absolute Gasteiger partial charge is 0.234 e. The fourth-order valence-electron chi connectivity index (χ4n) is 2.83. The molecule has 0 radical (unpaired) electrons. The number of ether oxygens (including phenoxy) is 2. The summed E-state index contributed by atoms with van der Waals surface area (Å²) in [6, 6.07) is 11.5. The van der Waals surface area contributed by atoms with E-state index in [1.807, 2.05) is 61.0 Å². The average molecular weight is 398 g/mol. The maximum atomic E-state index is 12.4. The van der Waals surface area contributed by atoms with Crippen molar-refractivity contribution in [3.05, 3.63) is 59.9 Å². The second kappa shape index (κ2) is 8.84. The molecule has 0 saturated carbocycles. The number of hydrogen-bond acceptors (Lipinski definition) is 5. The Hall–Kier alpha value is -2.93. The number of imidazole rings is 1. The van der Waals surface area contributed by atoms with E-state index in [4.69, 9.17) is 9.47 Å². The molecule has 1 heterocycles. The monoisotopic (exact) mass is 397 g/mol. The van der Waals surface area contributed by atoms with Crippen molar-refractivity contribution in [1.82, 2.24) is 9.55 Å². The van der Waals surface area contributed by atoms with Gasteiger partial charge in [0.15, 0.2) is 5.16 Å². The van der Waals surface area contributed by atoms with Gasteiger partial charge in [-0.25, -0.2) is 4.98 Å². The summed E-state index contributed by atoms with van der Waals surface area (Å²) in [5.41, 5.74) is 3.87. The minimum Gasteiger partial charge on any atom is -0.497 e. The fourth-order valence-corrected chi connectivity index (χ4v) is 3.60. The van der Waals surface area contributed by atoms with Crippen molar-refractivity contribution in [1.29, 1.82) is 0 Å². The van der Waals surface area contributed by atoms with Crippen molar-refractivity contribution in [2.45, 2.75) is 19.0 Å². The highest BCUT2D eigenvalue weighted by Crippen LogP contribution is 2.31. The van der Waals surface area contributed by atoms with Crippen LogP contribution in [0.4, 0.5) is 5.69 Å².